The van der Waals surface area contributed by atoms with Crippen molar-refractivity contribution in [1.82, 2.24) is 19.6 Å². The Kier molecular flexibility index (Phi) is 3.65. The number of hydrogen-bond acceptors (Lipinski definition) is 3. The highest BCUT2D eigenvalue weighted by Gasteiger charge is 2.13. The standard InChI is InChI=1S/C12H15BrN4O/c1-4-16-10(12(13)9(3)15-16)7-17-11(18)6-5-8(2)14-17/h5-6H,4,7H2,1-3H3. The molecule has 2 aromatic rings. The fourth-order valence-electron chi connectivity index (χ4n) is 1.83. The predicted molar refractivity (Wildman–Crippen MR) is 72.7 cm³/mol. The van der Waals surface area contributed by atoms with E-state index in [-0.39, 0.29) is 5.56 Å². The van der Waals surface area contributed by atoms with Gasteiger partial charge in [0.1, 0.15) is 0 Å². The van der Waals surface area contributed by atoms with Gasteiger partial charge in [-0.05, 0) is 42.8 Å². The van der Waals surface area contributed by atoms with E-state index in [0.29, 0.717) is 6.54 Å². The fourth-order valence-corrected chi connectivity index (χ4v) is 2.24. The molecule has 2 aromatic heterocycles. The molecule has 0 saturated carbocycles. The van der Waals surface area contributed by atoms with Gasteiger partial charge in [0.25, 0.3) is 5.56 Å². The van der Waals surface area contributed by atoms with Crippen LogP contribution >= 0.6 is 15.9 Å². The second-order valence-corrected chi connectivity index (χ2v) is 4.93. The number of halogens is 1. The van der Waals surface area contributed by atoms with Gasteiger partial charge in [0.15, 0.2) is 0 Å². The van der Waals surface area contributed by atoms with Gasteiger partial charge < -0.3 is 0 Å². The van der Waals surface area contributed by atoms with Crippen LogP contribution in [0, 0.1) is 13.8 Å². The van der Waals surface area contributed by atoms with Crippen LogP contribution in [0.4, 0.5) is 0 Å². The third-order valence-electron chi connectivity index (χ3n) is 2.75. The molecule has 0 amide bonds. The van der Waals surface area contributed by atoms with E-state index in [1.165, 1.54) is 10.7 Å². The molecule has 0 atom stereocenters. The smallest absolute Gasteiger partial charge is 0.267 e. The number of nitrogens with zero attached hydrogens (tertiary/aromatic N) is 4. The number of aromatic nitrogens is 4. The summed E-state index contributed by atoms with van der Waals surface area (Å²) >= 11 is 3.52. The Labute approximate surface area is 114 Å². The summed E-state index contributed by atoms with van der Waals surface area (Å²) in [6.45, 7) is 7.02. The normalized spacial score (nSPS) is 10.9. The molecule has 0 aliphatic carbocycles. The Hall–Kier alpha value is -1.43. The van der Waals surface area contributed by atoms with Gasteiger partial charge in [-0.1, -0.05) is 0 Å². The lowest BCUT2D eigenvalue weighted by atomic mass is 10.3. The quantitative estimate of drug-likeness (QED) is 0.870. The van der Waals surface area contributed by atoms with Gasteiger partial charge in [0.2, 0.25) is 0 Å². The van der Waals surface area contributed by atoms with Crippen molar-refractivity contribution in [2.45, 2.75) is 33.9 Å². The van der Waals surface area contributed by atoms with Crippen molar-refractivity contribution < 1.29 is 0 Å². The van der Waals surface area contributed by atoms with E-state index in [0.717, 1.165) is 28.1 Å². The van der Waals surface area contributed by atoms with E-state index in [1.807, 2.05) is 25.5 Å². The minimum atomic E-state index is -0.103. The van der Waals surface area contributed by atoms with Crippen LogP contribution in [-0.2, 0) is 13.1 Å². The summed E-state index contributed by atoms with van der Waals surface area (Å²) in [6, 6.07) is 3.26. The fraction of sp³-hybridized carbons (Fsp3) is 0.417. The zero-order chi connectivity index (χ0) is 13.3. The Morgan fingerprint density at radius 1 is 1.22 bits per heavy atom. The van der Waals surface area contributed by atoms with E-state index in [4.69, 9.17) is 0 Å². The van der Waals surface area contributed by atoms with Crippen molar-refractivity contribution in [3.05, 3.63) is 44.0 Å². The summed E-state index contributed by atoms with van der Waals surface area (Å²) in [5, 5.41) is 8.64. The average Bonchev–Trinajstić information content (AvgIpc) is 2.61. The topological polar surface area (TPSA) is 52.7 Å². The van der Waals surface area contributed by atoms with Crippen LogP contribution < -0.4 is 5.56 Å². The third kappa shape index (κ3) is 2.38. The molecule has 6 heteroatoms. The lowest BCUT2D eigenvalue weighted by Gasteiger charge is -2.07. The van der Waals surface area contributed by atoms with Gasteiger partial charge in [-0.2, -0.15) is 10.2 Å². The minimum Gasteiger partial charge on any atom is -0.268 e. The Bertz CT molecular complexity index is 629. The van der Waals surface area contributed by atoms with E-state index in [2.05, 4.69) is 26.1 Å². The first-order chi connectivity index (χ1) is 8.52. The van der Waals surface area contributed by atoms with E-state index in [1.54, 1.807) is 6.07 Å². The van der Waals surface area contributed by atoms with Crippen LogP contribution in [-0.4, -0.2) is 19.6 Å². The molecule has 0 bridgehead atoms. The maximum atomic E-state index is 11.7. The van der Waals surface area contributed by atoms with Crippen molar-refractivity contribution in [1.29, 1.82) is 0 Å². The monoisotopic (exact) mass is 310 g/mol. The number of rotatable bonds is 3. The van der Waals surface area contributed by atoms with Crippen LogP contribution in [0.2, 0.25) is 0 Å². The van der Waals surface area contributed by atoms with Gasteiger partial charge in [0, 0.05) is 12.6 Å². The first-order valence-electron chi connectivity index (χ1n) is 5.79. The lowest BCUT2D eigenvalue weighted by molar-refractivity contribution is 0.554. The van der Waals surface area contributed by atoms with Crippen molar-refractivity contribution >= 4 is 15.9 Å². The molecule has 0 aromatic carbocycles. The van der Waals surface area contributed by atoms with Crippen molar-refractivity contribution in [2.75, 3.05) is 0 Å². The summed E-state index contributed by atoms with van der Waals surface area (Å²) in [4.78, 5) is 11.7. The van der Waals surface area contributed by atoms with Gasteiger partial charge in [-0.3, -0.25) is 9.48 Å². The van der Waals surface area contributed by atoms with Gasteiger partial charge in [-0.15, -0.1) is 0 Å². The zero-order valence-corrected chi connectivity index (χ0v) is 12.2. The summed E-state index contributed by atoms with van der Waals surface area (Å²) in [7, 11) is 0. The maximum absolute atomic E-state index is 11.7. The summed E-state index contributed by atoms with van der Waals surface area (Å²) in [6.07, 6.45) is 0. The van der Waals surface area contributed by atoms with Gasteiger partial charge in [-0.25, -0.2) is 4.68 Å². The van der Waals surface area contributed by atoms with E-state index < -0.39 is 0 Å². The first kappa shape index (κ1) is 13.0. The van der Waals surface area contributed by atoms with Crippen LogP contribution in [0.25, 0.3) is 0 Å². The molecular formula is C12H15BrN4O. The largest absolute Gasteiger partial charge is 0.268 e. The zero-order valence-electron chi connectivity index (χ0n) is 10.6. The molecule has 96 valence electrons. The predicted octanol–water partition coefficient (Wildman–Crippen LogP) is 1.89. The Balaban J connectivity index is 2.45. The maximum Gasteiger partial charge on any atom is 0.267 e. The lowest BCUT2D eigenvalue weighted by Crippen LogP contribution is -2.24. The van der Waals surface area contributed by atoms with Gasteiger partial charge >= 0.3 is 0 Å². The molecular weight excluding hydrogens is 296 g/mol. The highest BCUT2D eigenvalue weighted by molar-refractivity contribution is 9.10. The van der Waals surface area contributed by atoms with Gasteiger partial charge in [0.05, 0.1) is 28.1 Å². The molecule has 5 nitrogen and oxygen atoms in total. The van der Waals surface area contributed by atoms with Crippen molar-refractivity contribution in [2.24, 2.45) is 0 Å². The second kappa shape index (κ2) is 5.06. The second-order valence-electron chi connectivity index (χ2n) is 4.13. The van der Waals surface area contributed by atoms with Crippen LogP contribution in [0.1, 0.15) is 24.0 Å². The molecule has 0 spiro atoms. The summed E-state index contributed by atoms with van der Waals surface area (Å²) in [5.74, 6) is 0. The van der Waals surface area contributed by atoms with Crippen LogP contribution in [0.15, 0.2) is 21.4 Å². The minimum absolute atomic E-state index is 0.103. The Morgan fingerprint density at radius 3 is 2.61 bits per heavy atom. The van der Waals surface area contributed by atoms with Crippen molar-refractivity contribution in [3.63, 3.8) is 0 Å². The van der Waals surface area contributed by atoms with Crippen molar-refractivity contribution in [3.8, 4) is 0 Å². The molecule has 0 aliphatic rings. The Morgan fingerprint density at radius 2 is 1.94 bits per heavy atom. The highest BCUT2D eigenvalue weighted by atomic mass is 79.9. The van der Waals surface area contributed by atoms with Crippen LogP contribution in [0.5, 0.6) is 0 Å². The summed E-state index contributed by atoms with van der Waals surface area (Å²) in [5.41, 5.74) is 2.61. The highest BCUT2D eigenvalue weighted by Crippen LogP contribution is 2.21. The van der Waals surface area contributed by atoms with E-state index in [9.17, 15) is 4.79 Å². The molecule has 0 saturated heterocycles. The van der Waals surface area contributed by atoms with E-state index >= 15 is 0 Å². The molecule has 18 heavy (non-hydrogen) atoms. The molecule has 0 radical (unpaired) electrons. The SMILES string of the molecule is CCn1nc(C)c(Br)c1Cn1nc(C)ccc1=O. The molecule has 2 rings (SSSR count). The average molecular weight is 311 g/mol. The molecule has 0 unspecified atom stereocenters. The number of aryl methyl sites for hydroxylation is 3. The first-order valence-corrected chi connectivity index (χ1v) is 6.58. The van der Waals surface area contributed by atoms with Crippen LogP contribution in [0.3, 0.4) is 0 Å². The molecule has 0 fully saturated rings. The third-order valence-corrected chi connectivity index (χ3v) is 3.78. The number of hydrogen-bond donors (Lipinski definition) is 0. The summed E-state index contributed by atoms with van der Waals surface area (Å²) < 4.78 is 4.29. The molecule has 0 aliphatic heterocycles. The molecule has 0 N–H and O–H groups in total. The molecule has 2 heterocycles.